The van der Waals surface area contributed by atoms with Crippen LogP contribution in [0.1, 0.15) is 57.6 Å². The Kier molecular flexibility index (Phi) is 10.9. The van der Waals surface area contributed by atoms with Crippen LogP contribution in [0.4, 0.5) is 0 Å². The Morgan fingerprint density at radius 3 is 1.92 bits per heavy atom. The maximum absolute atomic E-state index is 3.56. The first-order valence-corrected chi connectivity index (χ1v) is 9.73. The number of hydrogen-bond acceptors (Lipinski definition) is 1. The molecule has 0 unspecified atom stereocenters. The second kappa shape index (κ2) is 12.8. The van der Waals surface area contributed by atoms with Crippen LogP contribution in [0.2, 0.25) is 0 Å². The van der Waals surface area contributed by atoms with E-state index in [0.717, 1.165) is 19.0 Å². The summed E-state index contributed by atoms with van der Waals surface area (Å²) >= 11 is 0. The lowest BCUT2D eigenvalue weighted by Crippen LogP contribution is -2.16. The minimum absolute atomic E-state index is 0.686. The van der Waals surface area contributed by atoms with Crippen molar-refractivity contribution in [2.75, 3.05) is 13.1 Å². The van der Waals surface area contributed by atoms with Crippen LogP contribution in [0.25, 0.3) is 0 Å². The fourth-order valence-corrected chi connectivity index (χ4v) is 3.41. The van der Waals surface area contributed by atoms with Crippen LogP contribution in [0.3, 0.4) is 0 Å². The summed E-state index contributed by atoms with van der Waals surface area (Å²) in [5, 5.41) is 3.56. The van der Waals surface area contributed by atoms with Crippen molar-refractivity contribution < 1.29 is 0 Å². The minimum Gasteiger partial charge on any atom is -0.317 e. The van der Waals surface area contributed by atoms with Crippen LogP contribution in [0.15, 0.2) is 60.7 Å². The van der Waals surface area contributed by atoms with E-state index in [-0.39, 0.29) is 0 Å². The van der Waals surface area contributed by atoms with Crippen LogP contribution in [0.5, 0.6) is 0 Å². The molecule has 2 atom stereocenters. The zero-order valence-corrected chi connectivity index (χ0v) is 16.0. The molecule has 0 bridgehead atoms. The van der Waals surface area contributed by atoms with Crippen LogP contribution >= 0.6 is 0 Å². The van der Waals surface area contributed by atoms with E-state index in [0.29, 0.717) is 5.92 Å². The van der Waals surface area contributed by atoms with E-state index in [1.165, 1.54) is 30.4 Å². The van der Waals surface area contributed by atoms with Crippen molar-refractivity contribution in [1.29, 1.82) is 0 Å². The first-order valence-electron chi connectivity index (χ1n) is 9.73. The Morgan fingerprint density at radius 1 is 0.750 bits per heavy atom. The summed E-state index contributed by atoms with van der Waals surface area (Å²) in [6.07, 6.45) is 3.72. The molecule has 0 radical (unpaired) electrons. The van der Waals surface area contributed by atoms with Gasteiger partial charge in [-0.3, -0.25) is 0 Å². The average Bonchev–Trinajstić information content (AvgIpc) is 2.92. The van der Waals surface area contributed by atoms with E-state index in [2.05, 4.69) is 66.0 Å². The quantitative estimate of drug-likeness (QED) is 0.722. The molecule has 0 aliphatic carbocycles. The maximum atomic E-state index is 3.56. The minimum atomic E-state index is 0.686. The zero-order valence-electron chi connectivity index (χ0n) is 16.0. The lowest BCUT2D eigenvalue weighted by Gasteiger charge is -2.25. The molecule has 2 aromatic rings. The SMILES string of the molecule is CC.CC.c1ccc(C[C@H]2CCNCC[C@@H]2c2ccccc2)cc1. The highest BCUT2D eigenvalue weighted by atomic mass is 14.9. The average molecular weight is 326 g/mol. The molecule has 1 heterocycles. The lowest BCUT2D eigenvalue weighted by molar-refractivity contribution is 0.407. The lowest BCUT2D eigenvalue weighted by atomic mass is 9.79. The van der Waals surface area contributed by atoms with Gasteiger partial charge in [0.2, 0.25) is 0 Å². The number of benzene rings is 2. The van der Waals surface area contributed by atoms with E-state index in [4.69, 9.17) is 0 Å². The summed E-state index contributed by atoms with van der Waals surface area (Å²) in [5.74, 6) is 1.43. The Hall–Kier alpha value is -1.60. The Bertz CT molecular complexity index is 506. The summed E-state index contributed by atoms with van der Waals surface area (Å²) in [4.78, 5) is 0. The van der Waals surface area contributed by atoms with Crippen LogP contribution in [-0.4, -0.2) is 13.1 Å². The summed E-state index contributed by atoms with van der Waals surface area (Å²) < 4.78 is 0. The molecule has 1 heteroatoms. The first kappa shape index (κ1) is 20.4. The van der Waals surface area contributed by atoms with Crippen molar-refractivity contribution in [3.63, 3.8) is 0 Å². The van der Waals surface area contributed by atoms with Gasteiger partial charge in [-0.15, -0.1) is 0 Å². The molecule has 2 aromatic carbocycles. The molecule has 132 valence electrons. The van der Waals surface area contributed by atoms with Crippen molar-refractivity contribution in [3.8, 4) is 0 Å². The van der Waals surface area contributed by atoms with Gasteiger partial charge in [0.15, 0.2) is 0 Å². The Balaban J connectivity index is 0.000000671. The molecular weight excluding hydrogens is 290 g/mol. The predicted molar refractivity (Wildman–Crippen MR) is 108 cm³/mol. The molecule has 0 amide bonds. The van der Waals surface area contributed by atoms with Crippen molar-refractivity contribution in [2.45, 2.75) is 52.9 Å². The molecule has 1 aliphatic rings. The highest BCUT2D eigenvalue weighted by Gasteiger charge is 2.24. The third-order valence-corrected chi connectivity index (χ3v) is 4.46. The molecule has 24 heavy (non-hydrogen) atoms. The van der Waals surface area contributed by atoms with Gasteiger partial charge in [-0.05, 0) is 55.3 Å². The number of nitrogens with one attached hydrogen (secondary N) is 1. The van der Waals surface area contributed by atoms with E-state index in [9.17, 15) is 0 Å². The van der Waals surface area contributed by atoms with Gasteiger partial charge in [0.25, 0.3) is 0 Å². The molecule has 1 aliphatic heterocycles. The molecule has 1 fully saturated rings. The van der Waals surface area contributed by atoms with Crippen molar-refractivity contribution in [2.24, 2.45) is 5.92 Å². The van der Waals surface area contributed by atoms with Gasteiger partial charge in [-0.25, -0.2) is 0 Å². The summed E-state index contributed by atoms with van der Waals surface area (Å²) in [6, 6.07) is 22.0. The highest BCUT2D eigenvalue weighted by Crippen LogP contribution is 2.33. The predicted octanol–water partition coefficient (Wildman–Crippen LogP) is 6.06. The van der Waals surface area contributed by atoms with E-state index in [1.807, 2.05) is 27.7 Å². The molecule has 1 N–H and O–H groups in total. The number of rotatable bonds is 3. The smallest absolute Gasteiger partial charge is 0.00430 e. The van der Waals surface area contributed by atoms with Gasteiger partial charge in [0, 0.05) is 0 Å². The fraction of sp³-hybridized carbons (Fsp3) is 0.478. The van der Waals surface area contributed by atoms with Gasteiger partial charge in [0.1, 0.15) is 0 Å². The van der Waals surface area contributed by atoms with Crippen LogP contribution in [-0.2, 0) is 6.42 Å². The topological polar surface area (TPSA) is 12.0 Å². The van der Waals surface area contributed by atoms with E-state index >= 15 is 0 Å². The fourth-order valence-electron chi connectivity index (χ4n) is 3.41. The Morgan fingerprint density at radius 2 is 1.29 bits per heavy atom. The van der Waals surface area contributed by atoms with Crippen LogP contribution < -0.4 is 5.32 Å². The Labute approximate surface area is 149 Å². The highest BCUT2D eigenvalue weighted by molar-refractivity contribution is 5.23. The van der Waals surface area contributed by atoms with Crippen molar-refractivity contribution in [3.05, 3.63) is 71.8 Å². The van der Waals surface area contributed by atoms with E-state index < -0.39 is 0 Å². The van der Waals surface area contributed by atoms with Gasteiger partial charge in [-0.1, -0.05) is 88.4 Å². The van der Waals surface area contributed by atoms with Gasteiger partial charge >= 0.3 is 0 Å². The van der Waals surface area contributed by atoms with Crippen molar-refractivity contribution in [1.82, 2.24) is 5.32 Å². The first-order chi connectivity index (χ1) is 11.9. The molecular formula is C23H35N. The summed E-state index contributed by atoms with van der Waals surface area (Å²) in [5.41, 5.74) is 2.98. The normalized spacial score (nSPS) is 19.8. The largest absolute Gasteiger partial charge is 0.317 e. The number of hydrogen-bond donors (Lipinski definition) is 1. The molecule has 1 saturated heterocycles. The standard InChI is InChI=1S/C19H23N.2C2H6/c1-3-7-16(8-4-1)15-18-11-13-20-14-12-19(18)17-9-5-2-6-10-17;2*1-2/h1-10,18-20H,11-15H2;2*1-2H3/t18-,19-;;/m1../s1. The summed E-state index contributed by atoms with van der Waals surface area (Å²) in [7, 11) is 0. The monoisotopic (exact) mass is 325 g/mol. The second-order valence-corrected chi connectivity index (χ2v) is 5.79. The van der Waals surface area contributed by atoms with Gasteiger partial charge in [0.05, 0.1) is 0 Å². The van der Waals surface area contributed by atoms with Crippen molar-refractivity contribution >= 4 is 0 Å². The zero-order chi connectivity index (χ0) is 17.6. The third-order valence-electron chi connectivity index (χ3n) is 4.46. The van der Waals surface area contributed by atoms with Gasteiger partial charge < -0.3 is 5.32 Å². The molecule has 0 saturated carbocycles. The summed E-state index contributed by atoms with van der Waals surface area (Å²) in [6.45, 7) is 10.3. The molecule has 1 nitrogen and oxygen atoms in total. The molecule has 3 rings (SSSR count). The maximum Gasteiger partial charge on any atom is -0.00430 e. The van der Waals surface area contributed by atoms with Crippen LogP contribution in [0, 0.1) is 5.92 Å². The molecule has 0 aromatic heterocycles. The van der Waals surface area contributed by atoms with Gasteiger partial charge in [-0.2, -0.15) is 0 Å². The third kappa shape index (κ3) is 6.49. The van der Waals surface area contributed by atoms with E-state index in [1.54, 1.807) is 0 Å². The second-order valence-electron chi connectivity index (χ2n) is 5.79. The molecule has 0 spiro atoms.